The number of benzene rings is 1. The number of nitrogens with one attached hydrogen (secondary N) is 1. The SMILES string of the molecule is CC1(C)Cc2ccc(C#N)cc2C(c2ccc[nH]c2=O)O1. The van der Waals surface area contributed by atoms with E-state index < -0.39 is 6.10 Å². The van der Waals surface area contributed by atoms with Crippen LogP contribution < -0.4 is 5.56 Å². The van der Waals surface area contributed by atoms with Gasteiger partial charge in [0.2, 0.25) is 0 Å². The van der Waals surface area contributed by atoms with Gasteiger partial charge in [-0.05, 0) is 49.2 Å². The number of hydrogen-bond acceptors (Lipinski definition) is 3. The summed E-state index contributed by atoms with van der Waals surface area (Å²) in [7, 11) is 0. The molecule has 0 spiro atoms. The van der Waals surface area contributed by atoms with Gasteiger partial charge >= 0.3 is 0 Å². The van der Waals surface area contributed by atoms with Crippen LogP contribution in [-0.2, 0) is 11.2 Å². The second-order valence-electron chi connectivity index (χ2n) is 5.91. The molecule has 106 valence electrons. The summed E-state index contributed by atoms with van der Waals surface area (Å²) in [4.78, 5) is 14.8. The molecule has 3 rings (SSSR count). The molecule has 0 fully saturated rings. The van der Waals surface area contributed by atoms with Gasteiger partial charge in [0.25, 0.3) is 5.56 Å². The second-order valence-corrected chi connectivity index (χ2v) is 5.91. The van der Waals surface area contributed by atoms with Crippen molar-refractivity contribution in [2.45, 2.75) is 32.0 Å². The number of rotatable bonds is 1. The van der Waals surface area contributed by atoms with Crippen molar-refractivity contribution < 1.29 is 4.74 Å². The van der Waals surface area contributed by atoms with Crippen LogP contribution in [0.1, 0.15) is 42.2 Å². The first-order chi connectivity index (χ1) is 10.00. The van der Waals surface area contributed by atoms with E-state index in [1.807, 2.05) is 32.0 Å². The standard InChI is InChI=1S/C17H16N2O2/c1-17(2)9-12-6-5-11(10-18)8-14(12)15(21-17)13-4-3-7-19-16(13)20/h3-8,15H,9H2,1-2H3,(H,19,20). The van der Waals surface area contributed by atoms with E-state index in [1.165, 1.54) is 0 Å². The molecule has 1 unspecified atom stereocenters. The minimum atomic E-state index is -0.443. The molecule has 1 atom stereocenters. The Labute approximate surface area is 123 Å². The van der Waals surface area contributed by atoms with Crippen molar-refractivity contribution >= 4 is 0 Å². The first-order valence-corrected chi connectivity index (χ1v) is 6.88. The van der Waals surface area contributed by atoms with E-state index >= 15 is 0 Å². The summed E-state index contributed by atoms with van der Waals surface area (Å²) in [5.41, 5.74) is 2.67. The predicted octanol–water partition coefficient (Wildman–Crippen LogP) is 2.69. The monoisotopic (exact) mass is 280 g/mol. The number of hydrogen-bond donors (Lipinski definition) is 1. The zero-order valence-electron chi connectivity index (χ0n) is 12.0. The highest BCUT2D eigenvalue weighted by molar-refractivity contribution is 5.44. The molecule has 2 aromatic rings. The van der Waals surface area contributed by atoms with Crippen molar-refractivity contribution in [3.8, 4) is 6.07 Å². The first kappa shape index (κ1) is 13.6. The number of H-pyrrole nitrogens is 1. The molecule has 1 aliphatic rings. The van der Waals surface area contributed by atoms with E-state index in [-0.39, 0.29) is 11.2 Å². The van der Waals surface area contributed by atoms with Gasteiger partial charge in [0, 0.05) is 12.6 Å². The maximum atomic E-state index is 12.1. The van der Waals surface area contributed by atoms with E-state index in [1.54, 1.807) is 18.3 Å². The Morgan fingerprint density at radius 2 is 2.14 bits per heavy atom. The Hall–Kier alpha value is -2.38. The molecule has 2 heterocycles. The van der Waals surface area contributed by atoms with Gasteiger partial charge in [-0.1, -0.05) is 6.07 Å². The van der Waals surface area contributed by atoms with Gasteiger partial charge in [0.1, 0.15) is 6.10 Å². The molecule has 0 radical (unpaired) electrons. The number of ether oxygens (including phenoxy) is 1. The molecule has 0 aliphatic carbocycles. The molecule has 0 amide bonds. The van der Waals surface area contributed by atoms with Gasteiger partial charge < -0.3 is 9.72 Å². The summed E-state index contributed by atoms with van der Waals surface area (Å²) < 4.78 is 6.14. The van der Waals surface area contributed by atoms with Crippen LogP contribution in [0.3, 0.4) is 0 Å². The van der Waals surface area contributed by atoms with Crippen molar-refractivity contribution in [3.05, 3.63) is 69.1 Å². The number of aromatic nitrogens is 1. The van der Waals surface area contributed by atoms with Crippen LogP contribution in [0.5, 0.6) is 0 Å². The third-order valence-corrected chi connectivity index (χ3v) is 3.74. The molecule has 4 nitrogen and oxygen atoms in total. The summed E-state index contributed by atoms with van der Waals surface area (Å²) in [5.74, 6) is 0. The third kappa shape index (κ3) is 2.48. The number of nitrogens with zero attached hydrogens (tertiary/aromatic N) is 1. The zero-order valence-corrected chi connectivity index (χ0v) is 12.0. The minimum Gasteiger partial charge on any atom is -0.362 e. The molecule has 1 aliphatic heterocycles. The van der Waals surface area contributed by atoms with E-state index in [9.17, 15) is 4.79 Å². The summed E-state index contributed by atoms with van der Waals surface area (Å²) in [6, 6.07) is 11.3. The maximum Gasteiger partial charge on any atom is 0.254 e. The maximum absolute atomic E-state index is 12.1. The Balaban J connectivity index is 2.20. The molecule has 21 heavy (non-hydrogen) atoms. The fourth-order valence-corrected chi connectivity index (χ4v) is 2.82. The number of aromatic amines is 1. The van der Waals surface area contributed by atoms with Gasteiger partial charge in [-0.2, -0.15) is 5.26 Å². The van der Waals surface area contributed by atoms with Crippen LogP contribution in [0.2, 0.25) is 0 Å². The molecule has 1 aromatic heterocycles. The molecule has 1 aromatic carbocycles. The summed E-state index contributed by atoms with van der Waals surface area (Å²) in [6.07, 6.45) is 1.92. The van der Waals surface area contributed by atoms with Gasteiger partial charge in [-0.3, -0.25) is 4.79 Å². The highest BCUT2D eigenvalue weighted by atomic mass is 16.5. The average molecular weight is 280 g/mol. The third-order valence-electron chi connectivity index (χ3n) is 3.74. The smallest absolute Gasteiger partial charge is 0.254 e. The Kier molecular flexibility index (Phi) is 3.15. The van der Waals surface area contributed by atoms with Crippen molar-refractivity contribution in [2.24, 2.45) is 0 Å². The lowest BCUT2D eigenvalue weighted by atomic mass is 9.85. The average Bonchev–Trinajstić information content (AvgIpc) is 2.46. The van der Waals surface area contributed by atoms with E-state index in [0.29, 0.717) is 11.1 Å². The fourth-order valence-electron chi connectivity index (χ4n) is 2.82. The Bertz CT molecular complexity index is 784. The highest BCUT2D eigenvalue weighted by Gasteiger charge is 2.34. The molecule has 0 saturated carbocycles. The van der Waals surface area contributed by atoms with E-state index in [2.05, 4.69) is 11.1 Å². The van der Waals surface area contributed by atoms with Crippen LogP contribution in [0.4, 0.5) is 0 Å². The zero-order chi connectivity index (χ0) is 15.0. The molecule has 0 bridgehead atoms. The molecule has 1 N–H and O–H groups in total. The summed E-state index contributed by atoms with van der Waals surface area (Å²) in [5, 5.41) is 9.09. The van der Waals surface area contributed by atoms with Crippen molar-refractivity contribution in [3.63, 3.8) is 0 Å². The molecule has 0 saturated heterocycles. The minimum absolute atomic E-state index is 0.159. The lowest BCUT2D eigenvalue weighted by molar-refractivity contribution is -0.0673. The van der Waals surface area contributed by atoms with Crippen LogP contribution in [0.15, 0.2) is 41.3 Å². The van der Waals surface area contributed by atoms with Gasteiger partial charge in [-0.15, -0.1) is 0 Å². The Morgan fingerprint density at radius 3 is 2.86 bits per heavy atom. The molecule has 4 heteroatoms. The summed E-state index contributed by atoms with van der Waals surface area (Å²) in [6.45, 7) is 4.02. The van der Waals surface area contributed by atoms with Crippen LogP contribution in [-0.4, -0.2) is 10.6 Å². The van der Waals surface area contributed by atoms with E-state index in [0.717, 1.165) is 17.5 Å². The van der Waals surface area contributed by atoms with Gasteiger partial charge in [0.05, 0.1) is 22.8 Å². The van der Waals surface area contributed by atoms with Gasteiger partial charge in [0.15, 0.2) is 0 Å². The first-order valence-electron chi connectivity index (χ1n) is 6.88. The molecular formula is C17H16N2O2. The largest absolute Gasteiger partial charge is 0.362 e. The van der Waals surface area contributed by atoms with Gasteiger partial charge in [-0.25, -0.2) is 0 Å². The lowest BCUT2D eigenvalue weighted by Gasteiger charge is -2.37. The lowest BCUT2D eigenvalue weighted by Crippen LogP contribution is -2.36. The van der Waals surface area contributed by atoms with Crippen molar-refractivity contribution in [1.82, 2.24) is 4.98 Å². The van der Waals surface area contributed by atoms with Crippen LogP contribution in [0, 0.1) is 11.3 Å². The van der Waals surface area contributed by atoms with Crippen molar-refractivity contribution in [2.75, 3.05) is 0 Å². The predicted molar refractivity (Wildman–Crippen MR) is 78.9 cm³/mol. The quantitative estimate of drug-likeness (QED) is 0.873. The molecular weight excluding hydrogens is 264 g/mol. The number of fused-ring (bicyclic) bond motifs is 1. The normalized spacial score (nSPS) is 19.6. The van der Waals surface area contributed by atoms with Crippen LogP contribution in [0.25, 0.3) is 0 Å². The Morgan fingerprint density at radius 1 is 1.33 bits per heavy atom. The second kappa shape index (κ2) is 4.87. The van der Waals surface area contributed by atoms with Crippen LogP contribution >= 0.6 is 0 Å². The fraction of sp³-hybridized carbons (Fsp3) is 0.294. The summed E-state index contributed by atoms with van der Waals surface area (Å²) >= 11 is 0. The highest BCUT2D eigenvalue weighted by Crippen LogP contribution is 2.38. The topological polar surface area (TPSA) is 65.9 Å². The van der Waals surface area contributed by atoms with Crippen molar-refractivity contribution in [1.29, 1.82) is 5.26 Å². The number of nitriles is 1. The number of pyridine rings is 1. The van der Waals surface area contributed by atoms with E-state index in [4.69, 9.17) is 10.00 Å².